The Morgan fingerprint density at radius 2 is 2.05 bits per heavy atom. The van der Waals surface area contributed by atoms with Crippen LogP contribution in [-0.4, -0.2) is 30.6 Å². The van der Waals surface area contributed by atoms with Gasteiger partial charge in [0.1, 0.15) is 5.82 Å². The van der Waals surface area contributed by atoms with Crippen LogP contribution in [0.3, 0.4) is 0 Å². The van der Waals surface area contributed by atoms with Gasteiger partial charge in [-0.25, -0.2) is 4.39 Å². The second kappa shape index (κ2) is 9.39. The fraction of sp³-hybridized carbons (Fsp3) is 0.429. The van der Waals surface area contributed by atoms with Crippen LogP contribution >= 0.6 is 12.2 Å². The number of nitrogens with zero attached hydrogens (tertiary/aromatic N) is 1. The number of halogens is 1. The van der Waals surface area contributed by atoms with Crippen molar-refractivity contribution in [2.75, 3.05) is 19.8 Å². The summed E-state index contributed by atoms with van der Waals surface area (Å²) in [6.45, 7) is 5.97. The molecule has 1 aromatic carbocycles. The molecule has 1 aromatic rings. The lowest BCUT2D eigenvalue weighted by atomic mass is 10.1. The van der Waals surface area contributed by atoms with Gasteiger partial charge in [-0.05, 0) is 50.2 Å². The fourth-order valence-corrected chi connectivity index (χ4v) is 1.60. The van der Waals surface area contributed by atoms with Crippen molar-refractivity contribution in [3.63, 3.8) is 0 Å². The molecule has 0 aromatic heterocycles. The van der Waals surface area contributed by atoms with Crippen LogP contribution in [0.1, 0.15) is 25.8 Å². The number of benzene rings is 1. The van der Waals surface area contributed by atoms with E-state index in [1.54, 1.807) is 12.1 Å². The summed E-state index contributed by atoms with van der Waals surface area (Å²) in [5.74, 6) is -0.263. The minimum absolute atomic E-state index is 0.263. The van der Waals surface area contributed by atoms with Gasteiger partial charge in [0.15, 0.2) is 5.11 Å². The van der Waals surface area contributed by atoms with Crippen molar-refractivity contribution in [1.82, 2.24) is 10.7 Å². The van der Waals surface area contributed by atoms with Crippen LogP contribution in [-0.2, 0) is 4.74 Å². The van der Waals surface area contributed by atoms with Gasteiger partial charge >= 0.3 is 0 Å². The third-order valence-electron chi connectivity index (χ3n) is 2.54. The molecule has 110 valence electrons. The quantitative estimate of drug-likeness (QED) is 0.351. The number of rotatable bonds is 7. The SMILES string of the molecule is CCOCCCNC(=S)N/N=C(/C)c1ccc(F)cc1. The molecule has 0 radical (unpaired) electrons. The molecule has 1 rings (SSSR count). The van der Waals surface area contributed by atoms with Crippen LogP contribution in [0.2, 0.25) is 0 Å². The maximum absolute atomic E-state index is 12.8. The monoisotopic (exact) mass is 297 g/mol. The second-order valence-electron chi connectivity index (χ2n) is 4.12. The van der Waals surface area contributed by atoms with E-state index in [4.69, 9.17) is 17.0 Å². The summed E-state index contributed by atoms with van der Waals surface area (Å²) < 4.78 is 18.0. The van der Waals surface area contributed by atoms with E-state index in [2.05, 4.69) is 15.8 Å². The van der Waals surface area contributed by atoms with Crippen LogP contribution in [0.4, 0.5) is 4.39 Å². The molecule has 0 unspecified atom stereocenters. The highest BCUT2D eigenvalue weighted by Gasteiger charge is 1.99. The van der Waals surface area contributed by atoms with Gasteiger partial charge in [0.05, 0.1) is 5.71 Å². The Morgan fingerprint density at radius 3 is 2.70 bits per heavy atom. The molecule has 0 heterocycles. The van der Waals surface area contributed by atoms with Crippen LogP contribution < -0.4 is 10.7 Å². The van der Waals surface area contributed by atoms with Crippen LogP contribution in [0, 0.1) is 5.82 Å². The zero-order valence-electron chi connectivity index (χ0n) is 11.8. The minimum Gasteiger partial charge on any atom is -0.382 e. The van der Waals surface area contributed by atoms with E-state index in [1.807, 2.05) is 13.8 Å². The lowest BCUT2D eigenvalue weighted by Crippen LogP contribution is -2.33. The predicted octanol–water partition coefficient (Wildman–Crippen LogP) is 2.44. The highest BCUT2D eigenvalue weighted by molar-refractivity contribution is 7.80. The standard InChI is InChI=1S/C14H20FN3OS/c1-3-19-10-4-9-16-14(20)18-17-11(2)12-5-7-13(15)8-6-12/h5-8H,3-4,9-10H2,1-2H3,(H2,16,18,20)/b17-11-. The zero-order valence-corrected chi connectivity index (χ0v) is 12.6. The van der Waals surface area contributed by atoms with E-state index in [1.165, 1.54) is 12.1 Å². The Morgan fingerprint density at radius 1 is 1.35 bits per heavy atom. The molecular formula is C14H20FN3OS. The molecule has 0 atom stereocenters. The summed E-state index contributed by atoms with van der Waals surface area (Å²) in [6.07, 6.45) is 0.885. The van der Waals surface area contributed by atoms with Crippen molar-refractivity contribution in [3.05, 3.63) is 35.6 Å². The molecule has 0 saturated heterocycles. The largest absolute Gasteiger partial charge is 0.382 e. The number of hydrazone groups is 1. The summed E-state index contributed by atoms with van der Waals surface area (Å²) in [6, 6.07) is 6.15. The normalized spacial score (nSPS) is 11.2. The minimum atomic E-state index is -0.263. The van der Waals surface area contributed by atoms with Gasteiger partial charge in [0, 0.05) is 19.8 Å². The molecule has 4 nitrogen and oxygen atoms in total. The number of ether oxygens (including phenoxy) is 1. The van der Waals surface area contributed by atoms with Crippen molar-refractivity contribution >= 4 is 23.0 Å². The Hall–Kier alpha value is -1.53. The van der Waals surface area contributed by atoms with Gasteiger partial charge in [-0.15, -0.1) is 0 Å². The Balaban J connectivity index is 2.31. The predicted molar refractivity (Wildman–Crippen MR) is 83.5 cm³/mol. The first-order valence-electron chi connectivity index (χ1n) is 6.55. The maximum Gasteiger partial charge on any atom is 0.186 e. The van der Waals surface area contributed by atoms with Crippen molar-refractivity contribution in [2.24, 2.45) is 5.10 Å². The first-order chi connectivity index (χ1) is 9.63. The second-order valence-corrected chi connectivity index (χ2v) is 4.53. The Labute approximate surface area is 124 Å². The summed E-state index contributed by atoms with van der Waals surface area (Å²) >= 11 is 5.09. The van der Waals surface area contributed by atoms with Gasteiger partial charge in [-0.1, -0.05) is 12.1 Å². The first-order valence-corrected chi connectivity index (χ1v) is 6.96. The van der Waals surface area contributed by atoms with E-state index < -0.39 is 0 Å². The summed E-state index contributed by atoms with van der Waals surface area (Å²) in [5, 5.41) is 7.64. The number of nitrogens with one attached hydrogen (secondary N) is 2. The Bertz CT molecular complexity index is 448. The van der Waals surface area contributed by atoms with Crippen molar-refractivity contribution in [3.8, 4) is 0 Å². The third kappa shape index (κ3) is 6.58. The van der Waals surface area contributed by atoms with Crippen LogP contribution in [0.25, 0.3) is 0 Å². The molecule has 2 N–H and O–H groups in total. The number of hydrogen-bond donors (Lipinski definition) is 2. The first kappa shape index (κ1) is 16.5. The lowest BCUT2D eigenvalue weighted by Gasteiger charge is -2.08. The molecule has 0 spiro atoms. The molecule has 0 aliphatic heterocycles. The van der Waals surface area contributed by atoms with E-state index >= 15 is 0 Å². The summed E-state index contributed by atoms with van der Waals surface area (Å²) in [4.78, 5) is 0. The van der Waals surface area contributed by atoms with E-state index in [0.717, 1.165) is 30.8 Å². The molecule has 0 fully saturated rings. The topological polar surface area (TPSA) is 45.6 Å². The molecular weight excluding hydrogens is 277 g/mol. The van der Waals surface area contributed by atoms with Crippen molar-refractivity contribution in [2.45, 2.75) is 20.3 Å². The van der Waals surface area contributed by atoms with Crippen molar-refractivity contribution in [1.29, 1.82) is 0 Å². The highest BCUT2D eigenvalue weighted by atomic mass is 32.1. The average Bonchev–Trinajstić information content (AvgIpc) is 2.45. The molecule has 0 aliphatic rings. The molecule has 20 heavy (non-hydrogen) atoms. The van der Waals surface area contributed by atoms with Gasteiger partial charge < -0.3 is 10.1 Å². The lowest BCUT2D eigenvalue weighted by molar-refractivity contribution is 0.145. The van der Waals surface area contributed by atoms with Gasteiger partial charge in [-0.2, -0.15) is 5.10 Å². The van der Waals surface area contributed by atoms with Crippen LogP contribution in [0.15, 0.2) is 29.4 Å². The Kier molecular flexibility index (Phi) is 7.75. The van der Waals surface area contributed by atoms with Gasteiger partial charge in [0.25, 0.3) is 0 Å². The third-order valence-corrected chi connectivity index (χ3v) is 2.78. The van der Waals surface area contributed by atoms with E-state index in [0.29, 0.717) is 11.7 Å². The van der Waals surface area contributed by atoms with Crippen LogP contribution in [0.5, 0.6) is 0 Å². The number of hydrogen-bond acceptors (Lipinski definition) is 3. The highest BCUT2D eigenvalue weighted by Crippen LogP contribution is 2.03. The maximum atomic E-state index is 12.8. The summed E-state index contributed by atoms with van der Waals surface area (Å²) in [5.41, 5.74) is 4.34. The fourth-order valence-electron chi connectivity index (χ4n) is 1.45. The number of thiocarbonyl (C=S) groups is 1. The smallest absolute Gasteiger partial charge is 0.186 e. The molecule has 0 aliphatic carbocycles. The van der Waals surface area contributed by atoms with Gasteiger partial charge in [0.2, 0.25) is 0 Å². The van der Waals surface area contributed by atoms with E-state index in [9.17, 15) is 4.39 Å². The molecule has 0 amide bonds. The zero-order chi connectivity index (χ0) is 14.8. The summed E-state index contributed by atoms with van der Waals surface area (Å²) in [7, 11) is 0. The van der Waals surface area contributed by atoms with E-state index in [-0.39, 0.29) is 5.82 Å². The van der Waals surface area contributed by atoms with Crippen molar-refractivity contribution < 1.29 is 9.13 Å². The average molecular weight is 297 g/mol. The molecule has 0 bridgehead atoms. The molecule has 6 heteroatoms. The molecule has 0 saturated carbocycles. The van der Waals surface area contributed by atoms with Gasteiger partial charge in [-0.3, -0.25) is 5.43 Å².